The first-order valence-electron chi connectivity index (χ1n) is 6.38. The predicted octanol–water partition coefficient (Wildman–Crippen LogP) is 0.643. The van der Waals surface area contributed by atoms with E-state index in [1.807, 2.05) is 0 Å². The highest BCUT2D eigenvalue weighted by molar-refractivity contribution is 5.89. The molecule has 4 atom stereocenters. The van der Waals surface area contributed by atoms with Crippen molar-refractivity contribution in [1.82, 2.24) is 0 Å². The van der Waals surface area contributed by atoms with E-state index in [0.29, 0.717) is 5.56 Å². The maximum absolute atomic E-state index is 12.0. The number of aliphatic hydroxyl groups excluding tert-OH is 2. The van der Waals surface area contributed by atoms with Crippen LogP contribution in [0.25, 0.3) is 10.4 Å². The summed E-state index contributed by atoms with van der Waals surface area (Å²) < 4.78 is 10.4. The van der Waals surface area contributed by atoms with Gasteiger partial charge in [-0.15, -0.1) is 0 Å². The zero-order valence-corrected chi connectivity index (χ0v) is 11.1. The number of aliphatic hydroxyl groups is 2. The molecule has 0 saturated carbocycles. The van der Waals surface area contributed by atoms with Gasteiger partial charge in [-0.1, -0.05) is 23.3 Å². The maximum atomic E-state index is 12.0. The van der Waals surface area contributed by atoms with Crippen LogP contribution in [0.15, 0.2) is 35.4 Å². The Morgan fingerprint density at radius 3 is 2.81 bits per heavy atom. The molecule has 0 aliphatic carbocycles. The summed E-state index contributed by atoms with van der Waals surface area (Å²) in [6.45, 7) is -0.470. The third-order valence-corrected chi connectivity index (χ3v) is 3.21. The van der Waals surface area contributed by atoms with Crippen molar-refractivity contribution in [2.75, 3.05) is 13.2 Å². The van der Waals surface area contributed by atoms with E-state index >= 15 is 0 Å². The van der Waals surface area contributed by atoms with Crippen molar-refractivity contribution in [2.45, 2.75) is 24.4 Å². The summed E-state index contributed by atoms with van der Waals surface area (Å²) in [6, 6.07) is 7.40. The highest BCUT2D eigenvalue weighted by atomic mass is 16.6. The van der Waals surface area contributed by atoms with Crippen molar-refractivity contribution in [3.05, 3.63) is 46.3 Å². The second-order valence-electron chi connectivity index (χ2n) is 4.55. The molecule has 1 aromatic rings. The lowest BCUT2D eigenvalue weighted by molar-refractivity contribution is -0.157. The fourth-order valence-corrected chi connectivity index (χ4v) is 2.09. The molecule has 8 nitrogen and oxygen atoms in total. The summed E-state index contributed by atoms with van der Waals surface area (Å²) in [5.74, 6) is -0.642. The zero-order valence-electron chi connectivity index (χ0n) is 11.1. The molecule has 112 valence electrons. The third-order valence-electron chi connectivity index (χ3n) is 3.21. The van der Waals surface area contributed by atoms with Gasteiger partial charge in [0.25, 0.3) is 0 Å². The largest absolute Gasteiger partial charge is 0.455 e. The minimum atomic E-state index is -1.27. The van der Waals surface area contributed by atoms with Crippen LogP contribution in [0.3, 0.4) is 0 Å². The van der Waals surface area contributed by atoms with Gasteiger partial charge in [0.2, 0.25) is 0 Å². The van der Waals surface area contributed by atoms with E-state index in [-0.39, 0.29) is 6.61 Å². The molecule has 1 aliphatic heterocycles. The molecule has 1 aromatic carbocycles. The van der Waals surface area contributed by atoms with Crippen LogP contribution >= 0.6 is 0 Å². The molecule has 2 N–H and O–H groups in total. The summed E-state index contributed by atoms with van der Waals surface area (Å²) >= 11 is 0. The van der Waals surface area contributed by atoms with E-state index in [1.54, 1.807) is 30.3 Å². The van der Waals surface area contributed by atoms with Crippen LogP contribution in [0.5, 0.6) is 0 Å². The Balaban J connectivity index is 2.16. The minimum Gasteiger partial charge on any atom is -0.455 e. The van der Waals surface area contributed by atoms with Crippen LogP contribution < -0.4 is 0 Å². The first kappa shape index (κ1) is 15.3. The van der Waals surface area contributed by atoms with Crippen LogP contribution in [-0.2, 0) is 9.47 Å². The number of benzene rings is 1. The fourth-order valence-electron chi connectivity index (χ4n) is 2.09. The first-order valence-corrected chi connectivity index (χ1v) is 6.38. The van der Waals surface area contributed by atoms with Crippen molar-refractivity contribution < 1.29 is 24.5 Å². The lowest BCUT2D eigenvalue weighted by Crippen LogP contribution is -2.55. The Hall–Kier alpha value is -2.12. The third kappa shape index (κ3) is 3.50. The molecule has 0 spiro atoms. The lowest BCUT2D eigenvalue weighted by Gasteiger charge is -2.37. The van der Waals surface area contributed by atoms with Gasteiger partial charge in [0.15, 0.2) is 0 Å². The monoisotopic (exact) mass is 293 g/mol. The first-order chi connectivity index (χ1) is 10.2. The molecule has 2 rings (SSSR count). The van der Waals surface area contributed by atoms with E-state index in [0.717, 1.165) is 0 Å². The van der Waals surface area contributed by atoms with Crippen molar-refractivity contribution in [3.63, 3.8) is 0 Å². The Bertz CT molecular complexity index is 532. The molecule has 1 fully saturated rings. The smallest absolute Gasteiger partial charge is 0.338 e. The molecule has 1 saturated heterocycles. The number of hydrogen-bond donors (Lipinski definition) is 2. The fraction of sp³-hybridized carbons (Fsp3) is 0.462. The summed E-state index contributed by atoms with van der Waals surface area (Å²) in [7, 11) is 0. The number of azide groups is 1. The molecule has 2 unspecified atom stereocenters. The van der Waals surface area contributed by atoms with Gasteiger partial charge in [0, 0.05) is 4.91 Å². The van der Waals surface area contributed by atoms with Crippen molar-refractivity contribution in [2.24, 2.45) is 5.11 Å². The van der Waals surface area contributed by atoms with E-state index < -0.39 is 36.9 Å². The van der Waals surface area contributed by atoms with Crippen LogP contribution in [0.4, 0.5) is 0 Å². The molecule has 0 radical (unpaired) electrons. The Morgan fingerprint density at radius 2 is 2.19 bits per heavy atom. The highest BCUT2D eigenvalue weighted by Gasteiger charge is 2.41. The second-order valence-corrected chi connectivity index (χ2v) is 4.55. The number of ether oxygens (including phenoxy) is 2. The summed E-state index contributed by atoms with van der Waals surface area (Å²) in [6.07, 6.45) is -3.23. The number of nitrogens with zero attached hydrogens (tertiary/aromatic N) is 3. The standard InChI is InChI=1S/C13H15N3O5/c14-16-15-9-7-20-10(6-17)11(18)12(9)21-13(19)8-4-2-1-3-5-8/h1-5,9-12,17-18H,6-7H2/t9?,10?,11-,12+/m0/s1. The van der Waals surface area contributed by atoms with Gasteiger partial charge in [-0.05, 0) is 17.7 Å². The van der Waals surface area contributed by atoms with Gasteiger partial charge in [0.1, 0.15) is 24.4 Å². The van der Waals surface area contributed by atoms with Crippen molar-refractivity contribution >= 4 is 5.97 Å². The average molecular weight is 293 g/mol. The van der Waals surface area contributed by atoms with Crippen LogP contribution in [0.1, 0.15) is 10.4 Å². The molecule has 0 aromatic heterocycles. The predicted molar refractivity (Wildman–Crippen MR) is 71.4 cm³/mol. The Morgan fingerprint density at radius 1 is 1.48 bits per heavy atom. The summed E-state index contributed by atoms with van der Waals surface area (Å²) in [5.41, 5.74) is 8.84. The summed E-state index contributed by atoms with van der Waals surface area (Å²) in [4.78, 5) is 14.7. The van der Waals surface area contributed by atoms with Crippen LogP contribution in [0, 0.1) is 0 Å². The molecular weight excluding hydrogens is 278 g/mol. The van der Waals surface area contributed by atoms with E-state index in [9.17, 15) is 9.90 Å². The van der Waals surface area contributed by atoms with Gasteiger partial charge < -0.3 is 19.7 Å². The van der Waals surface area contributed by atoms with Crippen LogP contribution in [0.2, 0.25) is 0 Å². The van der Waals surface area contributed by atoms with Gasteiger partial charge >= 0.3 is 5.97 Å². The van der Waals surface area contributed by atoms with Crippen molar-refractivity contribution in [1.29, 1.82) is 0 Å². The quantitative estimate of drug-likeness (QED) is 0.365. The zero-order chi connectivity index (χ0) is 15.2. The van der Waals surface area contributed by atoms with Crippen LogP contribution in [-0.4, -0.2) is 53.7 Å². The molecule has 0 amide bonds. The minimum absolute atomic E-state index is 0.0426. The van der Waals surface area contributed by atoms with E-state index in [4.69, 9.17) is 20.1 Å². The highest BCUT2D eigenvalue weighted by Crippen LogP contribution is 2.22. The Labute approximate surface area is 120 Å². The van der Waals surface area contributed by atoms with Gasteiger partial charge in [-0.25, -0.2) is 4.79 Å². The average Bonchev–Trinajstić information content (AvgIpc) is 2.52. The Kier molecular flexibility index (Phi) is 5.13. The molecule has 1 heterocycles. The molecule has 0 bridgehead atoms. The second kappa shape index (κ2) is 7.05. The molecular formula is C13H15N3O5. The topological polar surface area (TPSA) is 125 Å². The normalized spacial score (nSPS) is 28.5. The number of esters is 1. The maximum Gasteiger partial charge on any atom is 0.338 e. The SMILES string of the molecule is [N-]=[N+]=NC1COC(CO)[C@H](O)[C@@H]1OC(=O)c1ccccc1. The lowest BCUT2D eigenvalue weighted by atomic mass is 9.98. The van der Waals surface area contributed by atoms with E-state index in [2.05, 4.69) is 10.0 Å². The van der Waals surface area contributed by atoms with E-state index in [1.165, 1.54) is 0 Å². The van der Waals surface area contributed by atoms with Gasteiger partial charge in [-0.2, -0.15) is 0 Å². The molecule has 1 aliphatic rings. The van der Waals surface area contributed by atoms with Gasteiger partial charge in [-0.3, -0.25) is 0 Å². The summed E-state index contributed by atoms with van der Waals surface area (Å²) in [5, 5.41) is 22.7. The number of rotatable bonds is 4. The molecule has 8 heteroatoms. The number of carbonyl (C=O) groups excluding carboxylic acids is 1. The van der Waals surface area contributed by atoms with Crippen molar-refractivity contribution in [3.8, 4) is 0 Å². The molecule has 21 heavy (non-hydrogen) atoms. The number of carbonyl (C=O) groups is 1. The van der Waals surface area contributed by atoms with Gasteiger partial charge in [0.05, 0.1) is 18.8 Å². The number of hydrogen-bond acceptors (Lipinski definition) is 6.